The number of halogens is 2. The van der Waals surface area contributed by atoms with Gasteiger partial charge >= 0.3 is 0 Å². The van der Waals surface area contributed by atoms with Gasteiger partial charge in [-0.2, -0.15) is 0 Å². The Morgan fingerprint density at radius 2 is 1.76 bits per heavy atom. The van der Waals surface area contributed by atoms with E-state index >= 15 is 0 Å². The number of carbonyl (C=O) groups excluding carboxylic acids is 1. The molecule has 0 unspecified atom stereocenters. The van der Waals surface area contributed by atoms with Crippen LogP contribution in [0, 0.1) is 11.6 Å². The van der Waals surface area contributed by atoms with Crippen LogP contribution in [0.25, 0.3) is 0 Å². The van der Waals surface area contributed by atoms with Crippen molar-refractivity contribution in [2.75, 3.05) is 19.6 Å². The monoisotopic (exact) mass is 297 g/mol. The van der Waals surface area contributed by atoms with Crippen molar-refractivity contribution in [3.8, 4) is 0 Å². The van der Waals surface area contributed by atoms with E-state index in [1.807, 2.05) is 32.6 Å². The lowest BCUT2D eigenvalue weighted by atomic mass is 9.98. The van der Waals surface area contributed by atoms with Gasteiger partial charge in [0.1, 0.15) is 11.6 Å². The molecule has 1 aromatic carbocycles. The lowest BCUT2D eigenvalue weighted by molar-refractivity contribution is -0.178. The average Bonchev–Trinajstić information content (AvgIpc) is 2.23. The molecule has 0 N–H and O–H groups in total. The standard InChI is InChI=1S/C16H21F2NO2/c1-15(2)9-19(10-16(3,4)21-15)8-14(20)12-6-5-11(17)7-13(12)18/h5-7H,8-10H2,1-4H3. The number of nitrogens with zero attached hydrogens (tertiary/aromatic N) is 1. The molecule has 21 heavy (non-hydrogen) atoms. The summed E-state index contributed by atoms with van der Waals surface area (Å²) in [5, 5.41) is 0. The predicted octanol–water partition coefficient (Wildman–Crippen LogP) is 3.04. The highest BCUT2D eigenvalue weighted by atomic mass is 19.1. The molecule has 0 radical (unpaired) electrons. The summed E-state index contributed by atoms with van der Waals surface area (Å²) < 4.78 is 32.5. The first-order valence-electron chi connectivity index (χ1n) is 6.99. The molecule has 1 aromatic rings. The molecule has 0 bridgehead atoms. The molecule has 0 saturated carbocycles. The molecule has 3 nitrogen and oxygen atoms in total. The molecule has 116 valence electrons. The van der Waals surface area contributed by atoms with Crippen molar-refractivity contribution in [2.24, 2.45) is 0 Å². The van der Waals surface area contributed by atoms with Crippen LogP contribution >= 0.6 is 0 Å². The molecule has 1 aliphatic heterocycles. The van der Waals surface area contributed by atoms with E-state index in [9.17, 15) is 13.6 Å². The van der Waals surface area contributed by atoms with E-state index < -0.39 is 11.6 Å². The van der Waals surface area contributed by atoms with Gasteiger partial charge in [0.25, 0.3) is 0 Å². The van der Waals surface area contributed by atoms with Crippen LogP contribution in [-0.4, -0.2) is 41.5 Å². The molecule has 1 heterocycles. The zero-order chi connectivity index (χ0) is 15.8. The summed E-state index contributed by atoms with van der Waals surface area (Å²) in [6.07, 6.45) is 0. The summed E-state index contributed by atoms with van der Waals surface area (Å²) in [6, 6.07) is 3.04. The van der Waals surface area contributed by atoms with E-state index in [0.717, 1.165) is 12.1 Å². The Hall–Kier alpha value is -1.33. The Morgan fingerprint density at radius 1 is 1.19 bits per heavy atom. The molecule has 1 aliphatic rings. The fourth-order valence-corrected chi connectivity index (χ4v) is 3.06. The van der Waals surface area contributed by atoms with E-state index in [0.29, 0.717) is 13.1 Å². The van der Waals surface area contributed by atoms with Crippen molar-refractivity contribution in [2.45, 2.75) is 38.9 Å². The number of Topliss-reactive ketones (excluding diaryl/α,β-unsaturated/α-hetero) is 1. The van der Waals surface area contributed by atoms with Crippen LogP contribution in [0.15, 0.2) is 18.2 Å². The molecular formula is C16H21F2NO2. The summed E-state index contributed by atoms with van der Waals surface area (Å²) in [6.45, 7) is 9.12. The summed E-state index contributed by atoms with van der Waals surface area (Å²) in [5.74, 6) is -1.84. The highest BCUT2D eigenvalue weighted by Gasteiger charge is 2.38. The van der Waals surface area contributed by atoms with E-state index in [1.54, 1.807) is 0 Å². The van der Waals surface area contributed by atoms with Crippen molar-refractivity contribution in [3.63, 3.8) is 0 Å². The molecule has 1 fully saturated rings. The molecule has 1 saturated heterocycles. The lowest BCUT2D eigenvalue weighted by Gasteiger charge is -2.47. The maximum absolute atomic E-state index is 13.7. The Morgan fingerprint density at radius 3 is 2.29 bits per heavy atom. The zero-order valence-electron chi connectivity index (χ0n) is 12.9. The van der Waals surface area contributed by atoms with Crippen LogP contribution in [0.4, 0.5) is 8.78 Å². The maximum Gasteiger partial charge on any atom is 0.179 e. The molecule has 0 aromatic heterocycles. The number of morpholine rings is 1. The fourth-order valence-electron chi connectivity index (χ4n) is 3.06. The Kier molecular flexibility index (Phi) is 4.17. The minimum Gasteiger partial charge on any atom is -0.367 e. The van der Waals surface area contributed by atoms with Gasteiger partial charge in [0.05, 0.1) is 23.3 Å². The lowest BCUT2D eigenvalue weighted by Crippen LogP contribution is -2.58. The zero-order valence-corrected chi connectivity index (χ0v) is 12.9. The van der Waals surface area contributed by atoms with Gasteiger partial charge in [-0.3, -0.25) is 9.69 Å². The van der Waals surface area contributed by atoms with Gasteiger partial charge in [0, 0.05) is 19.2 Å². The van der Waals surface area contributed by atoms with Crippen molar-refractivity contribution in [1.82, 2.24) is 4.90 Å². The number of ketones is 1. The molecule has 0 spiro atoms. The van der Waals surface area contributed by atoms with Crippen LogP contribution in [-0.2, 0) is 4.74 Å². The number of rotatable bonds is 3. The van der Waals surface area contributed by atoms with E-state index in [4.69, 9.17) is 4.74 Å². The topological polar surface area (TPSA) is 29.5 Å². The summed E-state index contributed by atoms with van der Waals surface area (Å²) in [4.78, 5) is 14.2. The molecular weight excluding hydrogens is 276 g/mol. The highest BCUT2D eigenvalue weighted by Crippen LogP contribution is 2.28. The number of hydrogen-bond acceptors (Lipinski definition) is 3. The molecule has 0 aliphatic carbocycles. The Balaban J connectivity index is 2.12. The SMILES string of the molecule is CC1(C)CN(CC(=O)c2ccc(F)cc2F)CC(C)(C)O1. The number of ether oxygens (including phenoxy) is 1. The van der Waals surface area contributed by atoms with E-state index in [-0.39, 0.29) is 29.1 Å². The van der Waals surface area contributed by atoms with Crippen molar-refractivity contribution in [1.29, 1.82) is 0 Å². The molecule has 0 amide bonds. The normalized spacial score (nSPS) is 21.2. The Labute approximate surface area is 123 Å². The third kappa shape index (κ3) is 4.08. The van der Waals surface area contributed by atoms with Gasteiger partial charge in [-0.15, -0.1) is 0 Å². The molecule has 0 atom stereocenters. The average molecular weight is 297 g/mol. The van der Waals surface area contributed by atoms with Crippen molar-refractivity contribution in [3.05, 3.63) is 35.4 Å². The predicted molar refractivity (Wildman–Crippen MR) is 76.4 cm³/mol. The first kappa shape index (κ1) is 16.0. The fraction of sp³-hybridized carbons (Fsp3) is 0.562. The first-order valence-corrected chi connectivity index (χ1v) is 6.99. The second-order valence-electron chi connectivity index (χ2n) is 6.81. The van der Waals surface area contributed by atoms with Crippen LogP contribution in [0.3, 0.4) is 0 Å². The van der Waals surface area contributed by atoms with E-state index in [1.165, 1.54) is 6.07 Å². The van der Waals surface area contributed by atoms with Gasteiger partial charge < -0.3 is 4.74 Å². The van der Waals surface area contributed by atoms with E-state index in [2.05, 4.69) is 0 Å². The number of hydrogen-bond donors (Lipinski definition) is 0. The minimum absolute atomic E-state index is 0.0708. The number of benzene rings is 1. The largest absolute Gasteiger partial charge is 0.367 e. The second-order valence-corrected chi connectivity index (χ2v) is 6.81. The summed E-state index contributed by atoms with van der Waals surface area (Å²) in [5.41, 5.74) is -0.814. The molecule has 5 heteroatoms. The van der Waals surface area contributed by atoms with Gasteiger partial charge in [0.15, 0.2) is 5.78 Å². The van der Waals surface area contributed by atoms with Crippen LogP contribution < -0.4 is 0 Å². The van der Waals surface area contributed by atoms with Gasteiger partial charge in [0.2, 0.25) is 0 Å². The van der Waals surface area contributed by atoms with Crippen molar-refractivity contribution < 1.29 is 18.3 Å². The summed E-state index contributed by atoms with van der Waals surface area (Å²) >= 11 is 0. The maximum atomic E-state index is 13.7. The van der Waals surface area contributed by atoms with Crippen molar-refractivity contribution >= 4 is 5.78 Å². The summed E-state index contributed by atoms with van der Waals surface area (Å²) in [7, 11) is 0. The van der Waals surface area contributed by atoms with Crippen LogP contribution in [0.2, 0.25) is 0 Å². The van der Waals surface area contributed by atoms with Gasteiger partial charge in [-0.05, 0) is 39.8 Å². The quantitative estimate of drug-likeness (QED) is 0.803. The third-order valence-electron chi connectivity index (χ3n) is 3.36. The highest BCUT2D eigenvalue weighted by molar-refractivity contribution is 5.97. The smallest absolute Gasteiger partial charge is 0.179 e. The van der Waals surface area contributed by atoms with Crippen LogP contribution in [0.1, 0.15) is 38.1 Å². The number of carbonyl (C=O) groups is 1. The van der Waals surface area contributed by atoms with Gasteiger partial charge in [-0.1, -0.05) is 0 Å². The Bertz CT molecular complexity index is 539. The third-order valence-corrected chi connectivity index (χ3v) is 3.36. The minimum atomic E-state index is -0.813. The molecule has 2 rings (SSSR count). The van der Waals surface area contributed by atoms with Crippen LogP contribution in [0.5, 0.6) is 0 Å². The second kappa shape index (κ2) is 5.46. The first-order chi connectivity index (χ1) is 9.58. The van der Waals surface area contributed by atoms with Gasteiger partial charge in [-0.25, -0.2) is 8.78 Å².